The van der Waals surface area contributed by atoms with Gasteiger partial charge in [-0.25, -0.2) is 9.97 Å². The number of carbonyl (C=O) groups is 1. The smallest absolute Gasteiger partial charge is 0.230 e. The maximum Gasteiger partial charge on any atom is 0.230 e. The van der Waals surface area contributed by atoms with Crippen molar-refractivity contribution in [3.05, 3.63) is 59.4 Å². The number of nitrogens with zero attached hydrogens (tertiary/aromatic N) is 2. The zero-order chi connectivity index (χ0) is 19.2. The molecule has 0 bridgehead atoms. The van der Waals surface area contributed by atoms with E-state index in [0.717, 1.165) is 22.0 Å². The highest BCUT2D eigenvalue weighted by Gasteiger charge is 2.10. The molecule has 2 heterocycles. The van der Waals surface area contributed by atoms with Crippen molar-refractivity contribution in [2.24, 2.45) is 0 Å². The summed E-state index contributed by atoms with van der Waals surface area (Å²) in [5.74, 6) is 2.69. The Kier molecular flexibility index (Phi) is 6.68. The van der Waals surface area contributed by atoms with Crippen molar-refractivity contribution < 1.29 is 9.21 Å². The number of aromatic nitrogens is 2. The maximum atomic E-state index is 12.2. The molecule has 1 N–H and O–H groups in total. The van der Waals surface area contributed by atoms with Gasteiger partial charge < -0.3 is 9.73 Å². The van der Waals surface area contributed by atoms with E-state index >= 15 is 0 Å². The van der Waals surface area contributed by atoms with Crippen LogP contribution in [0.25, 0.3) is 0 Å². The van der Waals surface area contributed by atoms with Gasteiger partial charge in [0, 0.05) is 6.42 Å². The lowest BCUT2D eigenvalue weighted by molar-refractivity contribution is -0.115. The molecule has 0 fully saturated rings. The van der Waals surface area contributed by atoms with E-state index in [1.54, 1.807) is 24.2 Å². The first-order chi connectivity index (χ1) is 13.0. The Morgan fingerprint density at radius 1 is 1.22 bits per heavy atom. The van der Waals surface area contributed by atoms with Crippen molar-refractivity contribution in [1.82, 2.24) is 9.97 Å². The van der Waals surface area contributed by atoms with Crippen molar-refractivity contribution in [3.8, 4) is 0 Å². The minimum Gasteiger partial charge on any atom is -0.445 e. The third-order valence-corrected chi connectivity index (χ3v) is 6.12. The molecule has 0 spiro atoms. The number of hydrogen-bond acceptors (Lipinski definition) is 6. The quantitative estimate of drug-likeness (QED) is 0.519. The number of carbonyl (C=O) groups excluding carboxylic acids is 1. The summed E-state index contributed by atoms with van der Waals surface area (Å²) in [6, 6.07) is 8.19. The van der Waals surface area contributed by atoms with Crippen molar-refractivity contribution in [3.63, 3.8) is 0 Å². The Labute approximate surface area is 167 Å². The summed E-state index contributed by atoms with van der Waals surface area (Å²) >= 11 is 3.06. The number of rotatable bonds is 8. The van der Waals surface area contributed by atoms with Crippen LogP contribution in [0, 0.1) is 0 Å². The molecular formula is C20H23N3O2S2. The fourth-order valence-electron chi connectivity index (χ4n) is 2.46. The van der Waals surface area contributed by atoms with E-state index in [1.165, 1.54) is 16.9 Å². The average molecular weight is 402 g/mol. The normalized spacial score (nSPS) is 11.1. The molecule has 0 saturated heterocycles. The first kappa shape index (κ1) is 19.6. The number of anilines is 1. The number of thioether (sulfide) groups is 1. The number of benzene rings is 1. The molecule has 1 aromatic carbocycles. The standard InChI is InChI=1S/C20H23N3O2S2/c1-4-16-10-21-18(25-16)12-26-19-11-22-20(27-19)23-17(24)9-14-5-7-15(8-6-14)13(2)3/h5-8,10-11,13H,4,9,12H2,1-3H3,(H,22,23,24). The third-order valence-electron chi connectivity index (χ3n) is 4.03. The minimum absolute atomic E-state index is 0.0570. The van der Waals surface area contributed by atoms with Gasteiger partial charge in [-0.15, -0.1) is 11.8 Å². The SMILES string of the molecule is CCc1cnc(CSc2cnc(NC(=O)Cc3ccc(C(C)C)cc3)s2)o1. The largest absolute Gasteiger partial charge is 0.445 e. The Hall–Kier alpha value is -2.12. The van der Waals surface area contributed by atoms with E-state index in [9.17, 15) is 4.79 Å². The molecule has 3 rings (SSSR count). The van der Waals surface area contributed by atoms with Crippen molar-refractivity contribution in [2.45, 2.75) is 49.5 Å². The Morgan fingerprint density at radius 3 is 2.67 bits per heavy atom. The molecule has 0 radical (unpaired) electrons. The summed E-state index contributed by atoms with van der Waals surface area (Å²) in [4.78, 5) is 20.8. The predicted octanol–water partition coefficient (Wildman–Crippen LogP) is 5.29. The van der Waals surface area contributed by atoms with Gasteiger partial charge in [-0.1, -0.05) is 56.4 Å². The zero-order valence-electron chi connectivity index (χ0n) is 15.7. The zero-order valence-corrected chi connectivity index (χ0v) is 17.3. The van der Waals surface area contributed by atoms with Crippen LogP contribution in [-0.2, 0) is 23.4 Å². The predicted molar refractivity (Wildman–Crippen MR) is 110 cm³/mol. The summed E-state index contributed by atoms with van der Waals surface area (Å²) in [7, 11) is 0. The number of oxazole rings is 1. The van der Waals surface area contributed by atoms with Crippen LogP contribution in [0.1, 0.15) is 49.5 Å². The second-order valence-corrected chi connectivity index (χ2v) is 8.77. The highest BCUT2D eigenvalue weighted by molar-refractivity contribution is 8.00. The monoisotopic (exact) mass is 401 g/mol. The second-order valence-electron chi connectivity index (χ2n) is 6.47. The van der Waals surface area contributed by atoms with E-state index in [1.807, 2.05) is 19.1 Å². The van der Waals surface area contributed by atoms with E-state index in [2.05, 4.69) is 41.3 Å². The molecule has 2 aromatic heterocycles. The van der Waals surface area contributed by atoms with Gasteiger partial charge in [-0.3, -0.25) is 4.79 Å². The fourth-order valence-corrected chi connectivity index (χ4v) is 4.21. The Balaban J connectivity index is 1.49. The van der Waals surface area contributed by atoms with Gasteiger partial charge in [0.1, 0.15) is 5.76 Å². The first-order valence-corrected chi connectivity index (χ1v) is 10.7. The van der Waals surface area contributed by atoms with Gasteiger partial charge in [0.2, 0.25) is 11.8 Å². The summed E-state index contributed by atoms with van der Waals surface area (Å²) in [5, 5.41) is 3.49. The van der Waals surface area contributed by atoms with Crippen molar-refractivity contribution >= 4 is 34.1 Å². The highest BCUT2D eigenvalue weighted by atomic mass is 32.2. The topological polar surface area (TPSA) is 68.0 Å². The van der Waals surface area contributed by atoms with Gasteiger partial charge in [-0.2, -0.15) is 0 Å². The molecule has 0 aliphatic carbocycles. The van der Waals surface area contributed by atoms with Crippen LogP contribution in [0.4, 0.5) is 5.13 Å². The molecule has 0 aliphatic rings. The number of hydrogen-bond donors (Lipinski definition) is 1. The van der Waals surface area contributed by atoms with Gasteiger partial charge in [0.05, 0.1) is 28.8 Å². The maximum absolute atomic E-state index is 12.2. The van der Waals surface area contributed by atoms with Crippen molar-refractivity contribution in [1.29, 1.82) is 0 Å². The van der Waals surface area contributed by atoms with Gasteiger partial charge in [0.25, 0.3) is 0 Å². The molecule has 142 valence electrons. The molecule has 0 atom stereocenters. The summed E-state index contributed by atoms with van der Waals surface area (Å²) in [6.07, 6.45) is 4.72. The molecule has 5 nitrogen and oxygen atoms in total. The van der Waals surface area contributed by atoms with Crippen LogP contribution >= 0.6 is 23.1 Å². The molecule has 3 aromatic rings. The van der Waals surface area contributed by atoms with Gasteiger partial charge in [-0.05, 0) is 17.0 Å². The van der Waals surface area contributed by atoms with E-state index < -0.39 is 0 Å². The number of amides is 1. The van der Waals surface area contributed by atoms with E-state index in [0.29, 0.717) is 29.1 Å². The lowest BCUT2D eigenvalue weighted by Gasteiger charge is -2.06. The second kappa shape index (κ2) is 9.19. The Bertz CT molecular complexity index is 885. The van der Waals surface area contributed by atoms with Crippen LogP contribution in [0.2, 0.25) is 0 Å². The van der Waals surface area contributed by atoms with Gasteiger partial charge >= 0.3 is 0 Å². The Morgan fingerprint density at radius 2 is 2.00 bits per heavy atom. The van der Waals surface area contributed by atoms with E-state index in [-0.39, 0.29) is 5.91 Å². The van der Waals surface area contributed by atoms with Crippen LogP contribution < -0.4 is 5.32 Å². The lowest BCUT2D eigenvalue weighted by atomic mass is 10.0. The molecule has 7 heteroatoms. The molecule has 27 heavy (non-hydrogen) atoms. The highest BCUT2D eigenvalue weighted by Crippen LogP contribution is 2.30. The summed E-state index contributed by atoms with van der Waals surface area (Å²) in [5.41, 5.74) is 2.27. The van der Waals surface area contributed by atoms with Crippen LogP contribution in [0.5, 0.6) is 0 Å². The molecule has 0 aliphatic heterocycles. The van der Waals surface area contributed by atoms with E-state index in [4.69, 9.17) is 4.42 Å². The summed E-state index contributed by atoms with van der Waals surface area (Å²) < 4.78 is 6.61. The number of nitrogens with one attached hydrogen (secondary N) is 1. The van der Waals surface area contributed by atoms with Crippen LogP contribution in [0.15, 0.2) is 45.3 Å². The van der Waals surface area contributed by atoms with Crippen LogP contribution in [0.3, 0.4) is 0 Å². The van der Waals surface area contributed by atoms with Gasteiger partial charge in [0.15, 0.2) is 5.13 Å². The number of thiazole rings is 1. The van der Waals surface area contributed by atoms with Crippen LogP contribution in [-0.4, -0.2) is 15.9 Å². The average Bonchev–Trinajstić information content (AvgIpc) is 3.29. The first-order valence-electron chi connectivity index (χ1n) is 8.94. The molecule has 0 saturated carbocycles. The minimum atomic E-state index is -0.0570. The molecule has 1 amide bonds. The summed E-state index contributed by atoms with van der Waals surface area (Å²) in [6.45, 7) is 6.35. The molecule has 0 unspecified atom stereocenters. The third kappa shape index (κ3) is 5.68. The fraction of sp³-hybridized carbons (Fsp3) is 0.350. The molecular weight excluding hydrogens is 378 g/mol. The number of aryl methyl sites for hydroxylation is 1. The van der Waals surface area contributed by atoms with Crippen molar-refractivity contribution in [2.75, 3.05) is 5.32 Å². The lowest BCUT2D eigenvalue weighted by Crippen LogP contribution is -2.14.